The molecule has 17 heavy (non-hydrogen) atoms. The summed E-state index contributed by atoms with van der Waals surface area (Å²) in [6.07, 6.45) is 1.80. The number of morpholine rings is 1. The maximum atomic E-state index is 13.1. The first-order valence-electron chi connectivity index (χ1n) is 6.25. The van der Waals surface area contributed by atoms with E-state index in [9.17, 15) is 4.39 Å². The van der Waals surface area contributed by atoms with Crippen molar-refractivity contribution in [3.05, 3.63) is 23.6 Å². The quantitative estimate of drug-likeness (QED) is 0.703. The lowest BCUT2D eigenvalue weighted by atomic mass is 9.99. The number of piperidine rings is 1. The van der Waals surface area contributed by atoms with Crippen molar-refractivity contribution in [3.63, 3.8) is 0 Å². The number of aryl methyl sites for hydroxylation is 1. The minimum atomic E-state index is -0.398. The molecule has 2 atom stereocenters. The molecule has 0 amide bonds. The Balaban J connectivity index is 0.000000514. The first kappa shape index (κ1) is 12.3. The summed E-state index contributed by atoms with van der Waals surface area (Å²) in [6.45, 7) is 7.56. The Morgan fingerprint density at radius 3 is 2.41 bits per heavy atom. The topological polar surface area (TPSA) is 25.4 Å². The van der Waals surface area contributed by atoms with E-state index in [1.807, 2.05) is 26.8 Å². The lowest BCUT2D eigenvalue weighted by Gasteiger charge is -2.47. The zero-order valence-electron chi connectivity index (χ0n) is 10.6. The maximum absolute atomic E-state index is 13.1. The third-order valence-corrected chi connectivity index (χ3v) is 3.01. The van der Waals surface area contributed by atoms with E-state index in [-0.39, 0.29) is 0 Å². The molecule has 0 aliphatic carbocycles. The number of hydrogen-bond donors (Lipinski definition) is 0. The number of aromatic nitrogens is 1. The zero-order chi connectivity index (χ0) is 12.4. The number of nitrogens with zero attached hydrogens (tertiary/aromatic N) is 2. The van der Waals surface area contributed by atoms with Crippen LogP contribution in [0.1, 0.15) is 25.8 Å². The highest BCUT2D eigenvalue weighted by Gasteiger charge is 2.38. The van der Waals surface area contributed by atoms with Crippen molar-refractivity contribution in [2.45, 2.75) is 39.4 Å². The average molecular weight is 238 g/mol. The van der Waals surface area contributed by atoms with Crippen LogP contribution in [-0.2, 0) is 4.74 Å². The van der Waals surface area contributed by atoms with E-state index in [1.54, 1.807) is 0 Å². The van der Waals surface area contributed by atoms with Crippen LogP contribution < -0.4 is 4.90 Å². The fourth-order valence-corrected chi connectivity index (χ4v) is 2.31. The summed E-state index contributed by atoms with van der Waals surface area (Å²) in [5.74, 6) is 0.343. The van der Waals surface area contributed by atoms with Crippen LogP contribution in [0.15, 0.2) is 12.1 Å². The molecule has 0 spiro atoms. The summed E-state index contributed by atoms with van der Waals surface area (Å²) in [5.41, 5.74) is 0.915. The first-order chi connectivity index (χ1) is 8.20. The van der Waals surface area contributed by atoms with Gasteiger partial charge in [-0.25, -0.2) is 4.98 Å². The minimum Gasteiger partial charge on any atom is -0.371 e. The summed E-state index contributed by atoms with van der Waals surface area (Å²) in [6, 6.07) is 3.37. The van der Waals surface area contributed by atoms with Crippen molar-refractivity contribution >= 4 is 5.82 Å². The van der Waals surface area contributed by atoms with Gasteiger partial charge < -0.3 is 9.64 Å². The zero-order valence-corrected chi connectivity index (χ0v) is 10.6. The smallest absolute Gasteiger partial charge is 0.215 e. The van der Waals surface area contributed by atoms with Gasteiger partial charge in [0.2, 0.25) is 5.95 Å². The minimum absolute atomic E-state index is 0.328. The van der Waals surface area contributed by atoms with Crippen LogP contribution in [0.25, 0.3) is 0 Å². The Kier molecular flexibility index (Phi) is 3.62. The van der Waals surface area contributed by atoms with Crippen LogP contribution in [0, 0.1) is 12.9 Å². The third kappa shape index (κ3) is 2.57. The van der Waals surface area contributed by atoms with Gasteiger partial charge in [0, 0.05) is 19.5 Å². The van der Waals surface area contributed by atoms with Gasteiger partial charge in [-0.2, -0.15) is 4.39 Å². The van der Waals surface area contributed by atoms with Gasteiger partial charge in [0.15, 0.2) is 0 Å². The molecule has 3 saturated heterocycles. The van der Waals surface area contributed by atoms with Crippen molar-refractivity contribution in [2.75, 3.05) is 18.0 Å². The van der Waals surface area contributed by atoms with Crippen molar-refractivity contribution < 1.29 is 9.13 Å². The normalized spacial score (nSPS) is 25.8. The molecule has 3 nitrogen and oxygen atoms in total. The van der Waals surface area contributed by atoms with E-state index >= 15 is 0 Å². The molecular weight excluding hydrogens is 219 g/mol. The van der Waals surface area contributed by atoms with Gasteiger partial charge in [0.1, 0.15) is 5.82 Å². The number of rotatable bonds is 1. The van der Waals surface area contributed by atoms with Crippen LogP contribution in [0.5, 0.6) is 0 Å². The molecule has 3 aliphatic heterocycles. The van der Waals surface area contributed by atoms with Gasteiger partial charge in [-0.05, 0) is 24.6 Å². The van der Waals surface area contributed by atoms with Crippen LogP contribution in [0.4, 0.5) is 10.2 Å². The van der Waals surface area contributed by atoms with Gasteiger partial charge in [-0.3, -0.25) is 0 Å². The second kappa shape index (κ2) is 5.00. The van der Waals surface area contributed by atoms with E-state index in [2.05, 4.69) is 9.88 Å². The van der Waals surface area contributed by atoms with Crippen molar-refractivity contribution in [3.8, 4) is 0 Å². The van der Waals surface area contributed by atoms with E-state index < -0.39 is 5.95 Å². The predicted molar refractivity (Wildman–Crippen MR) is 65.8 cm³/mol. The number of anilines is 1. The molecule has 3 fully saturated rings. The molecule has 1 aromatic heterocycles. The van der Waals surface area contributed by atoms with Crippen molar-refractivity contribution in [1.29, 1.82) is 0 Å². The van der Waals surface area contributed by atoms with Crippen molar-refractivity contribution in [2.24, 2.45) is 0 Å². The van der Waals surface area contributed by atoms with E-state index in [4.69, 9.17) is 4.74 Å². The number of ether oxygens (including phenoxy) is 1. The molecule has 0 radical (unpaired) electrons. The molecule has 4 rings (SSSR count). The lowest BCUT2D eigenvalue weighted by Crippen LogP contribution is -2.57. The molecule has 4 heterocycles. The first-order valence-corrected chi connectivity index (χ1v) is 6.25. The number of fused-ring (bicyclic) bond motifs is 2. The van der Waals surface area contributed by atoms with Crippen LogP contribution in [0.2, 0.25) is 0 Å². The highest BCUT2D eigenvalue weighted by molar-refractivity contribution is 5.42. The molecule has 4 heteroatoms. The fraction of sp³-hybridized carbons (Fsp3) is 0.615. The standard InChI is InChI=1S/C11H13FN2O.C2H6/c1-7-2-10(12)13-11(3-7)14-5-8-4-9(6-14)15-8;1-2/h2-3,8-9H,4-6H2,1H3;1-2H3. The second-order valence-electron chi connectivity index (χ2n) is 4.35. The molecular formula is C13H19FN2O. The van der Waals surface area contributed by atoms with Crippen LogP contribution in [0.3, 0.4) is 0 Å². The average Bonchev–Trinajstić information content (AvgIpc) is 2.30. The maximum Gasteiger partial charge on any atom is 0.215 e. The second-order valence-corrected chi connectivity index (χ2v) is 4.35. The van der Waals surface area contributed by atoms with Crippen LogP contribution >= 0.6 is 0 Å². The molecule has 3 aliphatic rings. The van der Waals surface area contributed by atoms with Gasteiger partial charge in [-0.15, -0.1) is 0 Å². The molecule has 2 bridgehead atoms. The number of hydrogen-bond acceptors (Lipinski definition) is 3. The Hall–Kier alpha value is -1.16. The number of pyridine rings is 1. The summed E-state index contributed by atoms with van der Waals surface area (Å²) < 4.78 is 18.6. The van der Waals surface area contributed by atoms with Gasteiger partial charge in [-0.1, -0.05) is 13.8 Å². The summed E-state index contributed by atoms with van der Waals surface area (Å²) in [4.78, 5) is 6.03. The third-order valence-electron chi connectivity index (χ3n) is 3.01. The SMILES string of the molecule is CC.Cc1cc(F)nc(N2CC3CC(C2)O3)c1. The largest absolute Gasteiger partial charge is 0.371 e. The summed E-state index contributed by atoms with van der Waals surface area (Å²) in [7, 11) is 0. The molecule has 0 saturated carbocycles. The van der Waals surface area contributed by atoms with E-state index in [0.717, 1.165) is 30.9 Å². The van der Waals surface area contributed by atoms with Gasteiger partial charge >= 0.3 is 0 Å². The summed E-state index contributed by atoms with van der Waals surface area (Å²) in [5, 5.41) is 0. The van der Waals surface area contributed by atoms with Crippen LogP contribution in [-0.4, -0.2) is 30.3 Å². The predicted octanol–water partition coefficient (Wildman–Crippen LogP) is 2.53. The fourth-order valence-electron chi connectivity index (χ4n) is 2.31. The molecule has 0 aromatic carbocycles. The Morgan fingerprint density at radius 1 is 1.29 bits per heavy atom. The van der Waals surface area contributed by atoms with Crippen molar-refractivity contribution in [1.82, 2.24) is 4.98 Å². The van der Waals surface area contributed by atoms with Gasteiger partial charge in [0.25, 0.3) is 0 Å². The summed E-state index contributed by atoms with van der Waals surface area (Å²) >= 11 is 0. The Morgan fingerprint density at radius 2 is 1.88 bits per heavy atom. The Bertz CT molecular complexity index is 361. The highest BCUT2D eigenvalue weighted by Crippen LogP contribution is 2.30. The Labute approximate surface area is 102 Å². The molecule has 2 unspecified atom stereocenters. The van der Waals surface area contributed by atoms with Gasteiger partial charge in [0.05, 0.1) is 12.2 Å². The lowest BCUT2D eigenvalue weighted by molar-refractivity contribution is -0.133. The molecule has 94 valence electrons. The van der Waals surface area contributed by atoms with E-state index in [0.29, 0.717) is 12.2 Å². The number of halogens is 1. The molecule has 1 aromatic rings. The monoisotopic (exact) mass is 238 g/mol. The highest BCUT2D eigenvalue weighted by atomic mass is 19.1. The molecule has 0 N–H and O–H groups in total. The van der Waals surface area contributed by atoms with E-state index in [1.165, 1.54) is 6.07 Å².